The Morgan fingerprint density at radius 3 is 2.27 bits per heavy atom. The third-order valence-electron chi connectivity index (χ3n) is 1.53. The molecule has 0 amide bonds. The van der Waals surface area contributed by atoms with Gasteiger partial charge in [-0.1, -0.05) is 13.8 Å². The zero-order chi connectivity index (χ0) is 8.85. The highest BCUT2D eigenvalue weighted by atomic mass is 16.4. The lowest BCUT2D eigenvalue weighted by atomic mass is 9.95. The molecule has 0 aliphatic carbocycles. The minimum absolute atomic E-state index is 0.0233. The highest BCUT2D eigenvalue weighted by Gasteiger charge is 2.13. The maximum Gasteiger partial charge on any atom is 0.303 e. The Kier molecular flexibility index (Phi) is 4.86. The lowest BCUT2D eigenvalue weighted by Crippen LogP contribution is -2.14. The van der Waals surface area contributed by atoms with Gasteiger partial charge in [-0.25, -0.2) is 0 Å². The normalized spacial score (nSPS) is 13.5. The Hall–Kier alpha value is -0.570. The number of carboxylic acids is 1. The van der Waals surface area contributed by atoms with Crippen LogP contribution in [0.25, 0.3) is 0 Å². The lowest BCUT2D eigenvalue weighted by Gasteiger charge is -2.13. The number of carbonyl (C=O) groups is 1. The summed E-state index contributed by atoms with van der Waals surface area (Å²) in [5.74, 6) is -0.455. The SMILES string of the molecule is CC(C)C[C@H](CO)CC(=O)O. The van der Waals surface area contributed by atoms with Crippen LogP contribution in [0, 0.1) is 11.8 Å². The van der Waals surface area contributed by atoms with Crippen LogP contribution in [-0.4, -0.2) is 22.8 Å². The molecule has 0 saturated carbocycles. The molecule has 0 aromatic rings. The Bertz CT molecular complexity index is 121. The van der Waals surface area contributed by atoms with Crippen LogP contribution >= 0.6 is 0 Å². The fourth-order valence-electron chi connectivity index (χ4n) is 1.14. The highest BCUT2D eigenvalue weighted by Crippen LogP contribution is 2.14. The molecule has 0 unspecified atom stereocenters. The summed E-state index contributed by atoms with van der Waals surface area (Å²) in [5.41, 5.74) is 0. The first-order valence-corrected chi connectivity index (χ1v) is 3.89. The average molecular weight is 160 g/mol. The topological polar surface area (TPSA) is 57.5 Å². The fourth-order valence-corrected chi connectivity index (χ4v) is 1.14. The van der Waals surface area contributed by atoms with Crippen LogP contribution in [0.5, 0.6) is 0 Å². The molecule has 1 atom stereocenters. The first-order chi connectivity index (χ1) is 5.06. The molecule has 11 heavy (non-hydrogen) atoms. The van der Waals surface area contributed by atoms with Crippen LogP contribution in [0.3, 0.4) is 0 Å². The monoisotopic (exact) mass is 160 g/mol. The van der Waals surface area contributed by atoms with Gasteiger partial charge in [-0.2, -0.15) is 0 Å². The Morgan fingerprint density at radius 1 is 1.45 bits per heavy atom. The summed E-state index contributed by atoms with van der Waals surface area (Å²) in [7, 11) is 0. The predicted molar refractivity (Wildman–Crippen MR) is 42.3 cm³/mol. The molecule has 0 radical (unpaired) electrons. The van der Waals surface area contributed by atoms with Gasteiger partial charge in [-0.15, -0.1) is 0 Å². The van der Waals surface area contributed by atoms with Crippen LogP contribution < -0.4 is 0 Å². The molecular weight excluding hydrogens is 144 g/mol. The second-order valence-electron chi connectivity index (χ2n) is 3.28. The summed E-state index contributed by atoms with van der Waals surface area (Å²) >= 11 is 0. The molecule has 0 aromatic carbocycles. The van der Waals surface area contributed by atoms with Gasteiger partial charge in [0.25, 0.3) is 0 Å². The van der Waals surface area contributed by atoms with Gasteiger partial charge in [0.05, 0.1) is 6.42 Å². The third-order valence-corrected chi connectivity index (χ3v) is 1.53. The summed E-state index contributed by atoms with van der Waals surface area (Å²) in [4.78, 5) is 10.2. The van der Waals surface area contributed by atoms with Crippen molar-refractivity contribution in [2.24, 2.45) is 11.8 Å². The zero-order valence-corrected chi connectivity index (χ0v) is 7.08. The quantitative estimate of drug-likeness (QED) is 0.633. The van der Waals surface area contributed by atoms with Crippen molar-refractivity contribution in [3.63, 3.8) is 0 Å². The Morgan fingerprint density at radius 2 is 2.00 bits per heavy atom. The van der Waals surface area contributed by atoms with Crippen LogP contribution in [0.15, 0.2) is 0 Å². The number of hydrogen-bond donors (Lipinski definition) is 2. The summed E-state index contributed by atoms with van der Waals surface area (Å²) in [6.07, 6.45) is 0.859. The van der Waals surface area contributed by atoms with Crippen molar-refractivity contribution < 1.29 is 15.0 Å². The second-order valence-corrected chi connectivity index (χ2v) is 3.28. The van der Waals surface area contributed by atoms with Crippen molar-refractivity contribution in [1.82, 2.24) is 0 Å². The van der Waals surface area contributed by atoms with Crippen LogP contribution in [0.1, 0.15) is 26.7 Å². The minimum Gasteiger partial charge on any atom is -0.481 e. The molecule has 2 N–H and O–H groups in total. The van der Waals surface area contributed by atoms with E-state index in [4.69, 9.17) is 10.2 Å². The largest absolute Gasteiger partial charge is 0.481 e. The van der Waals surface area contributed by atoms with E-state index in [-0.39, 0.29) is 18.9 Å². The molecule has 0 heterocycles. The molecule has 66 valence electrons. The molecule has 3 heteroatoms. The molecule has 3 nitrogen and oxygen atoms in total. The van der Waals surface area contributed by atoms with Crippen LogP contribution in [0.2, 0.25) is 0 Å². The van der Waals surface area contributed by atoms with Crippen molar-refractivity contribution in [3.8, 4) is 0 Å². The zero-order valence-electron chi connectivity index (χ0n) is 7.08. The van der Waals surface area contributed by atoms with E-state index in [1.807, 2.05) is 13.8 Å². The lowest BCUT2D eigenvalue weighted by molar-refractivity contribution is -0.138. The van der Waals surface area contributed by atoms with Gasteiger partial charge in [-0.05, 0) is 18.3 Å². The first-order valence-electron chi connectivity index (χ1n) is 3.89. The van der Waals surface area contributed by atoms with Crippen molar-refractivity contribution >= 4 is 5.97 Å². The van der Waals surface area contributed by atoms with Crippen molar-refractivity contribution in [2.45, 2.75) is 26.7 Å². The molecule has 0 aromatic heterocycles. The fraction of sp³-hybridized carbons (Fsp3) is 0.875. The average Bonchev–Trinajstić information content (AvgIpc) is 1.84. The van der Waals surface area contributed by atoms with Gasteiger partial charge in [0, 0.05) is 6.61 Å². The third kappa shape index (κ3) is 5.85. The van der Waals surface area contributed by atoms with E-state index >= 15 is 0 Å². The molecular formula is C8H16O3. The number of aliphatic hydroxyl groups is 1. The Labute approximate surface area is 67.0 Å². The number of carboxylic acid groups (broad SMARTS) is 1. The van der Waals surface area contributed by atoms with Crippen LogP contribution in [-0.2, 0) is 4.79 Å². The minimum atomic E-state index is -0.829. The van der Waals surface area contributed by atoms with Gasteiger partial charge in [0.15, 0.2) is 0 Å². The number of aliphatic hydroxyl groups excluding tert-OH is 1. The predicted octanol–water partition coefficient (Wildman–Crippen LogP) is 1.12. The van der Waals surface area contributed by atoms with Crippen molar-refractivity contribution in [2.75, 3.05) is 6.61 Å². The van der Waals surface area contributed by atoms with Crippen molar-refractivity contribution in [3.05, 3.63) is 0 Å². The second kappa shape index (κ2) is 5.13. The van der Waals surface area contributed by atoms with E-state index in [0.717, 1.165) is 6.42 Å². The van der Waals surface area contributed by atoms with Gasteiger partial charge in [0.2, 0.25) is 0 Å². The molecule has 0 spiro atoms. The smallest absolute Gasteiger partial charge is 0.303 e. The first kappa shape index (κ1) is 10.4. The molecule has 0 aliphatic rings. The van der Waals surface area contributed by atoms with Gasteiger partial charge in [0.1, 0.15) is 0 Å². The molecule has 0 aliphatic heterocycles. The maximum atomic E-state index is 10.2. The van der Waals surface area contributed by atoms with E-state index < -0.39 is 5.97 Å². The van der Waals surface area contributed by atoms with E-state index in [2.05, 4.69) is 0 Å². The van der Waals surface area contributed by atoms with Crippen molar-refractivity contribution in [1.29, 1.82) is 0 Å². The Balaban J connectivity index is 3.66. The summed E-state index contributed by atoms with van der Waals surface area (Å²) in [6, 6.07) is 0. The van der Waals surface area contributed by atoms with E-state index in [9.17, 15) is 4.79 Å². The number of rotatable bonds is 5. The summed E-state index contributed by atoms with van der Waals surface area (Å²) < 4.78 is 0. The number of aliphatic carboxylic acids is 1. The highest BCUT2D eigenvalue weighted by molar-refractivity contribution is 5.67. The van der Waals surface area contributed by atoms with Crippen LogP contribution in [0.4, 0.5) is 0 Å². The van der Waals surface area contributed by atoms with E-state index in [1.165, 1.54) is 0 Å². The van der Waals surface area contributed by atoms with E-state index in [1.54, 1.807) is 0 Å². The molecule has 0 saturated heterocycles. The molecule has 0 bridgehead atoms. The molecule has 0 rings (SSSR count). The maximum absolute atomic E-state index is 10.2. The van der Waals surface area contributed by atoms with Gasteiger partial charge >= 0.3 is 5.97 Å². The van der Waals surface area contributed by atoms with Gasteiger partial charge in [-0.3, -0.25) is 4.79 Å². The van der Waals surface area contributed by atoms with Gasteiger partial charge < -0.3 is 10.2 Å². The summed E-state index contributed by atoms with van der Waals surface area (Å²) in [6.45, 7) is 4.01. The van der Waals surface area contributed by atoms with E-state index in [0.29, 0.717) is 5.92 Å². The summed E-state index contributed by atoms with van der Waals surface area (Å²) in [5, 5.41) is 17.2. The number of hydrogen-bond acceptors (Lipinski definition) is 2. The molecule has 0 fully saturated rings. The standard InChI is InChI=1S/C8H16O3/c1-6(2)3-7(5-9)4-8(10)11/h6-7,9H,3-5H2,1-2H3,(H,10,11)/t7-/m0/s1.